The number of aromatic nitrogens is 4. The molecule has 2 aromatic rings. The van der Waals surface area contributed by atoms with E-state index < -0.39 is 5.41 Å². The second-order valence-electron chi connectivity index (χ2n) is 9.00. The summed E-state index contributed by atoms with van der Waals surface area (Å²) in [5.41, 5.74) is 1.15. The Morgan fingerprint density at radius 3 is 2.73 bits per heavy atom. The molecule has 2 aliphatic rings. The Bertz CT molecular complexity index is 894. The molecule has 1 spiro atoms. The molecule has 2 fully saturated rings. The van der Waals surface area contributed by atoms with Gasteiger partial charge in [-0.3, -0.25) is 14.3 Å². The number of hydrogen-bond donors (Lipinski definition) is 0. The van der Waals surface area contributed by atoms with Crippen LogP contribution in [0.5, 0.6) is 0 Å². The van der Waals surface area contributed by atoms with E-state index in [0.717, 1.165) is 12.1 Å². The maximum absolute atomic E-state index is 13.2. The summed E-state index contributed by atoms with van der Waals surface area (Å²) in [6.07, 6.45) is 8.08. The summed E-state index contributed by atoms with van der Waals surface area (Å²) in [7, 11) is 0. The van der Waals surface area contributed by atoms with Crippen molar-refractivity contribution in [2.75, 3.05) is 13.1 Å². The maximum Gasteiger partial charge on any atom is 0.312 e. The van der Waals surface area contributed by atoms with Crippen LogP contribution in [0.15, 0.2) is 24.8 Å². The molecule has 2 aliphatic heterocycles. The summed E-state index contributed by atoms with van der Waals surface area (Å²) in [6.45, 7) is 8.74. The van der Waals surface area contributed by atoms with Gasteiger partial charge in [0.15, 0.2) is 0 Å². The third-order valence-electron chi connectivity index (χ3n) is 6.27. The normalized spacial score (nSPS) is 20.9. The third kappa shape index (κ3) is 4.00. The number of carbonyl (C=O) groups is 2. The second-order valence-corrected chi connectivity index (χ2v) is 9.00. The highest BCUT2D eigenvalue weighted by Gasteiger charge is 2.51. The molecule has 0 bridgehead atoms. The molecule has 1 amide bonds. The van der Waals surface area contributed by atoms with Crippen molar-refractivity contribution in [1.82, 2.24) is 24.2 Å². The number of rotatable bonds is 6. The lowest BCUT2D eigenvalue weighted by Gasteiger charge is -2.36. The number of nitrogens with zero attached hydrogens (tertiary/aromatic N) is 5. The Kier molecular flexibility index (Phi) is 5.66. The number of aryl methyl sites for hydroxylation is 1. The van der Waals surface area contributed by atoms with Gasteiger partial charge in [0.05, 0.1) is 24.0 Å². The lowest BCUT2D eigenvalue weighted by molar-refractivity contribution is -0.150. The van der Waals surface area contributed by atoms with Gasteiger partial charge in [0, 0.05) is 38.4 Å². The first-order valence-corrected chi connectivity index (χ1v) is 10.9. The molecule has 0 radical (unpaired) electrons. The molecule has 0 aromatic carbocycles. The van der Waals surface area contributed by atoms with Crippen LogP contribution in [-0.4, -0.2) is 55.3 Å². The molecule has 1 atom stereocenters. The number of likely N-dealkylation sites (tertiary alicyclic amines) is 1. The van der Waals surface area contributed by atoms with Crippen molar-refractivity contribution in [2.24, 2.45) is 11.3 Å². The Labute approximate surface area is 177 Å². The maximum atomic E-state index is 13.2. The zero-order valence-corrected chi connectivity index (χ0v) is 18.1. The molecule has 0 aliphatic carbocycles. The predicted octanol–water partition coefficient (Wildman–Crippen LogP) is 2.54. The summed E-state index contributed by atoms with van der Waals surface area (Å²) in [5, 5.41) is 4.60. The van der Waals surface area contributed by atoms with E-state index in [9.17, 15) is 9.59 Å². The molecule has 4 rings (SSSR count). The minimum absolute atomic E-state index is 0.00976. The number of esters is 1. The fraction of sp³-hybridized carbons (Fsp3) is 0.636. The Morgan fingerprint density at radius 2 is 2.10 bits per heavy atom. The lowest BCUT2D eigenvalue weighted by Crippen LogP contribution is -2.45. The summed E-state index contributed by atoms with van der Waals surface area (Å²) in [4.78, 5) is 31.8. The number of amides is 1. The van der Waals surface area contributed by atoms with Gasteiger partial charge < -0.3 is 14.2 Å². The molecule has 1 unspecified atom stereocenters. The first kappa shape index (κ1) is 20.6. The molecule has 8 nitrogen and oxygen atoms in total. The van der Waals surface area contributed by atoms with Gasteiger partial charge in [-0.1, -0.05) is 13.8 Å². The van der Waals surface area contributed by atoms with Crippen LogP contribution >= 0.6 is 0 Å². The first-order valence-electron chi connectivity index (χ1n) is 10.9. The summed E-state index contributed by atoms with van der Waals surface area (Å²) < 4.78 is 9.42. The van der Waals surface area contributed by atoms with E-state index in [-0.39, 0.29) is 18.0 Å². The fourth-order valence-corrected chi connectivity index (χ4v) is 4.68. The molecule has 0 N–H and O–H groups in total. The number of carbonyl (C=O) groups excluding carboxylic acids is 2. The predicted molar refractivity (Wildman–Crippen MR) is 111 cm³/mol. The quantitative estimate of drug-likeness (QED) is 0.680. The van der Waals surface area contributed by atoms with E-state index in [4.69, 9.17) is 4.74 Å². The minimum atomic E-state index is -0.462. The van der Waals surface area contributed by atoms with Gasteiger partial charge in [-0.05, 0) is 38.2 Å². The number of imidazole rings is 1. The van der Waals surface area contributed by atoms with Crippen molar-refractivity contribution in [3.8, 4) is 0 Å². The van der Waals surface area contributed by atoms with Crippen molar-refractivity contribution in [2.45, 2.75) is 65.6 Å². The number of cyclic esters (lactones) is 1. The highest BCUT2D eigenvalue weighted by Crippen LogP contribution is 2.43. The zero-order chi connectivity index (χ0) is 21.3. The highest BCUT2D eigenvalue weighted by atomic mass is 16.6. The zero-order valence-electron chi connectivity index (χ0n) is 18.1. The fourth-order valence-electron chi connectivity index (χ4n) is 4.68. The van der Waals surface area contributed by atoms with E-state index in [1.54, 1.807) is 17.2 Å². The van der Waals surface area contributed by atoms with E-state index in [0.29, 0.717) is 57.1 Å². The van der Waals surface area contributed by atoms with E-state index >= 15 is 0 Å². The topological polar surface area (TPSA) is 82.2 Å². The average Bonchev–Trinajstić information content (AvgIpc) is 3.42. The van der Waals surface area contributed by atoms with Crippen molar-refractivity contribution in [3.63, 3.8) is 0 Å². The van der Waals surface area contributed by atoms with Gasteiger partial charge in [-0.25, -0.2) is 4.98 Å². The highest BCUT2D eigenvalue weighted by molar-refractivity contribution is 5.93. The van der Waals surface area contributed by atoms with E-state index in [1.807, 2.05) is 28.7 Å². The van der Waals surface area contributed by atoms with Crippen molar-refractivity contribution in [3.05, 3.63) is 36.2 Å². The van der Waals surface area contributed by atoms with Gasteiger partial charge in [-0.2, -0.15) is 5.10 Å². The second kappa shape index (κ2) is 8.24. The SMILES string of the molecule is CCn1nc(CC(C)C)cc1C(=O)N1CCC2(CC1)CC(Cn1ccnc1)OC2=O. The molecule has 30 heavy (non-hydrogen) atoms. The first-order chi connectivity index (χ1) is 14.4. The Morgan fingerprint density at radius 1 is 1.33 bits per heavy atom. The van der Waals surface area contributed by atoms with Crippen molar-refractivity contribution < 1.29 is 14.3 Å². The van der Waals surface area contributed by atoms with Crippen LogP contribution in [-0.2, 0) is 29.0 Å². The van der Waals surface area contributed by atoms with Crippen LogP contribution in [0.1, 0.15) is 56.2 Å². The molecular weight excluding hydrogens is 382 g/mol. The average molecular weight is 414 g/mol. The number of hydrogen-bond acceptors (Lipinski definition) is 5. The van der Waals surface area contributed by atoms with Crippen LogP contribution in [0.4, 0.5) is 0 Å². The van der Waals surface area contributed by atoms with Crippen LogP contribution in [0.3, 0.4) is 0 Å². The lowest BCUT2D eigenvalue weighted by atomic mass is 9.76. The standard InChI is InChI=1S/C22H31N5O3/c1-4-27-19(12-17(24-27)11-16(2)3)20(28)26-8-5-22(6-9-26)13-18(30-21(22)29)14-25-10-7-23-15-25/h7,10,12,15-16,18H,4-6,8-9,11,13-14H2,1-3H3. The van der Waals surface area contributed by atoms with Crippen LogP contribution in [0.25, 0.3) is 0 Å². The van der Waals surface area contributed by atoms with Gasteiger partial charge in [0.1, 0.15) is 11.8 Å². The summed E-state index contributed by atoms with van der Waals surface area (Å²) in [6, 6.07) is 1.93. The van der Waals surface area contributed by atoms with E-state index in [1.165, 1.54) is 0 Å². The Balaban J connectivity index is 1.40. The smallest absolute Gasteiger partial charge is 0.312 e. The molecule has 2 saturated heterocycles. The van der Waals surface area contributed by atoms with Gasteiger partial charge in [0.25, 0.3) is 5.91 Å². The monoisotopic (exact) mass is 413 g/mol. The van der Waals surface area contributed by atoms with Gasteiger partial charge in [-0.15, -0.1) is 0 Å². The molecule has 8 heteroatoms. The third-order valence-corrected chi connectivity index (χ3v) is 6.27. The molecular formula is C22H31N5O3. The van der Waals surface area contributed by atoms with Crippen LogP contribution < -0.4 is 0 Å². The van der Waals surface area contributed by atoms with Gasteiger partial charge >= 0.3 is 5.97 Å². The summed E-state index contributed by atoms with van der Waals surface area (Å²) >= 11 is 0. The van der Waals surface area contributed by atoms with Crippen molar-refractivity contribution >= 4 is 11.9 Å². The Hall–Kier alpha value is -2.64. The number of piperidine rings is 1. The molecule has 0 saturated carbocycles. The molecule has 2 aromatic heterocycles. The number of ether oxygens (including phenoxy) is 1. The minimum Gasteiger partial charge on any atom is -0.460 e. The largest absolute Gasteiger partial charge is 0.460 e. The van der Waals surface area contributed by atoms with Crippen molar-refractivity contribution in [1.29, 1.82) is 0 Å². The summed E-state index contributed by atoms with van der Waals surface area (Å²) in [5.74, 6) is 0.389. The van der Waals surface area contributed by atoms with Crippen LogP contribution in [0, 0.1) is 11.3 Å². The van der Waals surface area contributed by atoms with Gasteiger partial charge in [0.2, 0.25) is 0 Å². The van der Waals surface area contributed by atoms with E-state index in [2.05, 4.69) is 23.9 Å². The van der Waals surface area contributed by atoms with Crippen LogP contribution in [0.2, 0.25) is 0 Å². The molecule has 162 valence electrons. The molecule has 4 heterocycles.